The number of esters is 3. The number of ether oxygens (including phenoxy) is 3. The molecule has 0 aliphatic rings. The van der Waals surface area contributed by atoms with Crippen LogP contribution >= 0.6 is 15.6 Å². The van der Waals surface area contributed by atoms with Gasteiger partial charge in [0.25, 0.3) is 0 Å². The lowest BCUT2D eigenvalue weighted by Crippen LogP contribution is -2.30. The molecule has 0 spiro atoms. The van der Waals surface area contributed by atoms with Crippen LogP contribution in [0, 0.1) is 0 Å². The lowest BCUT2D eigenvalue weighted by molar-refractivity contribution is -0.161. The van der Waals surface area contributed by atoms with Gasteiger partial charge in [0.15, 0.2) is 6.10 Å². The SMILES string of the molecule is CCCC/C=C\CCCCCCCC(=O)OCC(COP(=O)(O)OCC(O)COP(=O)(O)OCC(O)COC(=O)CCCCCCC/C=C\C/C=C\CCCCC)OC(=O)CCCCCCC/C=C\CCCC. The minimum atomic E-state index is -4.91. The highest BCUT2D eigenvalue weighted by molar-refractivity contribution is 7.47. The predicted octanol–water partition coefficient (Wildman–Crippen LogP) is 13.7. The number of aliphatic hydroxyl groups excluding tert-OH is 2. The highest BCUT2D eigenvalue weighted by Crippen LogP contribution is 2.45. The van der Waals surface area contributed by atoms with E-state index in [2.05, 4.69) is 69.4 Å². The molecule has 0 amide bonds. The second-order valence-electron chi connectivity index (χ2n) is 18.7. The number of phosphoric ester groups is 2. The highest BCUT2D eigenvalue weighted by atomic mass is 31.2. The Morgan fingerprint density at radius 2 is 0.699 bits per heavy atom. The van der Waals surface area contributed by atoms with Crippen LogP contribution in [0.3, 0.4) is 0 Å². The highest BCUT2D eigenvalue weighted by Gasteiger charge is 2.29. The van der Waals surface area contributed by atoms with Gasteiger partial charge in [-0.1, -0.05) is 166 Å². The minimum Gasteiger partial charge on any atom is -0.463 e. The second kappa shape index (κ2) is 50.3. The van der Waals surface area contributed by atoms with Gasteiger partial charge in [0.2, 0.25) is 0 Å². The van der Waals surface area contributed by atoms with Crippen molar-refractivity contribution in [3.63, 3.8) is 0 Å². The molecule has 4 N–H and O–H groups in total. The predicted molar refractivity (Wildman–Crippen MR) is 289 cm³/mol. The minimum absolute atomic E-state index is 0.0947. The molecule has 0 aliphatic carbocycles. The molecule has 5 unspecified atom stereocenters. The topological polar surface area (TPSA) is 231 Å². The Bertz CT molecular complexity index is 1550. The van der Waals surface area contributed by atoms with Crippen LogP contribution in [-0.2, 0) is 55.8 Å². The summed E-state index contributed by atoms with van der Waals surface area (Å²) in [6.07, 6.45) is 43.5. The average molecular weight is 1080 g/mol. The number of carbonyl (C=O) groups excluding carboxylic acids is 3. The van der Waals surface area contributed by atoms with Crippen molar-refractivity contribution in [2.24, 2.45) is 0 Å². The van der Waals surface area contributed by atoms with Crippen LogP contribution in [0.15, 0.2) is 48.6 Å². The first kappa shape index (κ1) is 70.5. The van der Waals surface area contributed by atoms with Crippen LogP contribution in [0.4, 0.5) is 0 Å². The van der Waals surface area contributed by atoms with Crippen molar-refractivity contribution in [3.05, 3.63) is 48.6 Å². The fourth-order valence-electron chi connectivity index (χ4n) is 7.09. The van der Waals surface area contributed by atoms with Crippen molar-refractivity contribution in [1.82, 2.24) is 0 Å². The number of carbonyl (C=O) groups is 3. The molecule has 426 valence electrons. The van der Waals surface area contributed by atoms with Crippen molar-refractivity contribution in [2.75, 3.05) is 39.6 Å². The van der Waals surface area contributed by atoms with Crippen molar-refractivity contribution < 1.29 is 75.8 Å². The van der Waals surface area contributed by atoms with E-state index in [9.17, 15) is 43.5 Å². The molecule has 0 aliphatic heterocycles. The molecule has 0 fully saturated rings. The van der Waals surface area contributed by atoms with E-state index >= 15 is 0 Å². The van der Waals surface area contributed by atoms with Crippen LogP contribution in [0.25, 0.3) is 0 Å². The molecule has 0 aromatic rings. The molecule has 0 bridgehead atoms. The van der Waals surface area contributed by atoms with Crippen LogP contribution in [0.1, 0.15) is 226 Å². The maximum atomic E-state index is 12.8. The van der Waals surface area contributed by atoms with Gasteiger partial charge in [-0.05, 0) is 89.9 Å². The number of hydrogen-bond donors (Lipinski definition) is 4. The molecule has 73 heavy (non-hydrogen) atoms. The van der Waals surface area contributed by atoms with E-state index in [0.717, 1.165) is 122 Å². The summed E-state index contributed by atoms with van der Waals surface area (Å²) in [6.45, 7) is 2.49. The van der Waals surface area contributed by atoms with Gasteiger partial charge in [-0.2, -0.15) is 0 Å². The lowest BCUT2D eigenvalue weighted by Gasteiger charge is -2.21. The molecule has 5 atom stereocenters. The Morgan fingerprint density at radius 1 is 0.384 bits per heavy atom. The Kier molecular flexibility index (Phi) is 48.6. The van der Waals surface area contributed by atoms with Gasteiger partial charge in [-0.15, -0.1) is 0 Å². The van der Waals surface area contributed by atoms with E-state index in [1.165, 1.54) is 44.9 Å². The number of phosphoric acid groups is 2. The van der Waals surface area contributed by atoms with Gasteiger partial charge in [-0.3, -0.25) is 32.5 Å². The van der Waals surface area contributed by atoms with E-state index in [-0.39, 0.29) is 19.3 Å². The van der Waals surface area contributed by atoms with Gasteiger partial charge in [-0.25, -0.2) is 9.13 Å². The van der Waals surface area contributed by atoms with Crippen LogP contribution in [0.2, 0.25) is 0 Å². The summed E-state index contributed by atoms with van der Waals surface area (Å²) >= 11 is 0. The van der Waals surface area contributed by atoms with Gasteiger partial charge >= 0.3 is 33.6 Å². The Labute approximate surface area is 440 Å². The zero-order valence-electron chi connectivity index (χ0n) is 45.3. The number of rotatable bonds is 53. The largest absolute Gasteiger partial charge is 0.472 e. The molecule has 0 aromatic heterocycles. The monoisotopic (exact) mass is 1080 g/mol. The summed E-state index contributed by atoms with van der Waals surface area (Å²) < 4.78 is 60.3. The Hall–Kier alpha value is -2.49. The van der Waals surface area contributed by atoms with E-state index in [1.54, 1.807) is 0 Å². The first-order chi connectivity index (χ1) is 35.2. The van der Waals surface area contributed by atoms with E-state index in [1.807, 2.05) is 0 Å². The molecule has 0 radical (unpaired) electrons. The van der Waals surface area contributed by atoms with E-state index < -0.39 is 91.5 Å². The maximum absolute atomic E-state index is 12.8. The average Bonchev–Trinajstić information content (AvgIpc) is 3.36. The molecule has 0 saturated carbocycles. The van der Waals surface area contributed by atoms with Crippen molar-refractivity contribution >= 4 is 33.6 Å². The van der Waals surface area contributed by atoms with Crippen molar-refractivity contribution in [2.45, 2.75) is 245 Å². The van der Waals surface area contributed by atoms with Gasteiger partial charge < -0.3 is 34.2 Å². The maximum Gasteiger partial charge on any atom is 0.472 e. The fraction of sp³-hybridized carbons (Fsp3) is 0.800. The van der Waals surface area contributed by atoms with Gasteiger partial charge in [0.05, 0.1) is 26.4 Å². The molecular formula is C55H100O16P2. The number of unbranched alkanes of at least 4 members (excludes halogenated alkanes) is 22. The fourth-order valence-corrected chi connectivity index (χ4v) is 8.67. The van der Waals surface area contributed by atoms with Gasteiger partial charge in [0, 0.05) is 19.3 Å². The molecule has 0 heterocycles. The molecule has 0 rings (SSSR count). The summed E-state index contributed by atoms with van der Waals surface area (Å²) in [5.74, 6) is -1.61. The second-order valence-corrected chi connectivity index (χ2v) is 21.6. The zero-order valence-corrected chi connectivity index (χ0v) is 47.1. The molecule has 0 saturated heterocycles. The molecule has 0 aromatic carbocycles. The van der Waals surface area contributed by atoms with Crippen LogP contribution in [-0.4, -0.2) is 95.9 Å². The summed E-state index contributed by atoms with van der Waals surface area (Å²) in [5.41, 5.74) is 0. The first-order valence-electron chi connectivity index (χ1n) is 27.9. The normalized spacial score (nSPS) is 15.0. The molecule has 16 nitrogen and oxygen atoms in total. The Balaban J connectivity index is 4.66. The number of hydrogen-bond acceptors (Lipinski definition) is 14. The molecular weight excluding hydrogens is 979 g/mol. The number of allylic oxidation sites excluding steroid dienone is 8. The number of aliphatic hydroxyl groups is 2. The van der Waals surface area contributed by atoms with Crippen LogP contribution < -0.4 is 0 Å². The summed E-state index contributed by atoms with van der Waals surface area (Å²) in [7, 11) is -9.74. The van der Waals surface area contributed by atoms with Crippen molar-refractivity contribution in [1.29, 1.82) is 0 Å². The third-order valence-electron chi connectivity index (χ3n) is 11.5. The summed E-state index contributed by atoms with van der Waals surface area (Å²) in [5, 5.41) is 20.4. The van der Waals surface area contributed by atoms with Crippen molar-refractivity contribution in [3.8, 4) is 0 Å². The van der Waals surface area contributed by atoms with Crippen LogP contribution in [0.5, 0.6) is 0 Å². The zero-order chi connectivity index (χ0) is 53.9. The first-order valence-corrected chi connectivity index (χ1v) is 30.9. The third-order valence-corrected chi connectivity index (χ3v) is 13.4. The van der Waals surface area contributed by atoms with Gasteiger partial charge in [0.1, 0.15) is 25.4 Å². The Morgan fingerprint density at radius 3 is 1.12 bits per heavy atom. The lowest BCUT2D eigenvalue weighted by atomic mass is 10.1. The molecule has 18 heteroatoms. The third kappa shape index (κ3) is 51.4. The standard InChI is InChI=1S/C55H100O16P2/c1-4-7-10-13-16-19-22-23-24-25-28-30-32-35-38-41-53(58)65-44-50(56)45-67-72(61,62)68-46-51(57)47-69-73(63,64)70-49-52(71-55(60)43-40-37-34-31-27-21-18-15-12-9-6-3)48-66-54(59)42-39-36-33-29-26-20-17-14-11-8-5-2/h14-19,23-24,50-52,56-57H,4-13,20-22,25-49H2,1-3H3,(H,61,62)(H,63,64)/b17-14-,18-15-,19-16-,24-23-. The smallest absolute Gasteiger partial charge is 0.463 e. The summed E-state index contributed by atoms with van der Waals surface area (Å²) in [6, 6.07) is 0. The van der Waals surface area contributed by atoms with E-state index in [4.69, 9.17) is 32.3 Å². The van der Waals surface area contributed by atoms with E-state index in [0.29, 0.717) is 19.3 Å². The quantitative estimate of drug-likeness (QED) is 0.0146. The summed E-state index contributed by atoms with van der Waals surface area (Å²) in [4.78, 5) is 57.8.